The van der Waals surface area contributed by atoms with E-state index in [0.29, 0.717) is 15.6 Å². The van der Waals surface area contributed by atoms with Crippen LogP contribution in [0.25, 0.3) is 0 Å². The predicted octanol–water partition coefficient (Wildman–Crippen LogP) is 6.32. The molecule has 3 rings (SSSR count). The molecule has 2 aromatic rings. The number of Topliss-reactive ketones (excluding diaryl/α,β-unsaturated/α-hetero) is 1. The van der Waals surface area contributed by atoms with Crippen molar-refractivity contribution in [3.8, 4) is 0 Å². The van der Waals surface area contributed by atoms with Crippen LogP contribution in [0, 0.1) is 0 Å². The third-order valence-corrected chi connectivity index (χ3v) is 6.05. The van der Waals surface area contributed by atoms with Crippen LogP contribution in [0.5, 0.6) is 0 Å². The minimum atomic E-state index is -0.0167. The summed E-state index contributed by atoms with van der Waals surface area (Å²) in [6.07, 6.45) is 2.05. The predicted molar refractivity (Wildman–Crippen MR) is 124 cm³/mol. The maximum Gasteiger partial charge on any atom is 0.182 e. The number of ketones is 1. The van der Waals surface area contributed by atoms with Crippen molar-refractivity contribution in [3.63, 3.8) is 0 Å². The van der Waals surface area contributed by atoms with Crippen LogP contribution in [-0.2, 0) is 6.42 Å². The van der Waals surface area contributed by atoms with Crippen molar-refractivity contribution in [3.05, 3.63) is 63.6 Å². The number of carbonyl (C=O) groups is 1. The monoisotopic (exact) mass is 486 g/mol. The first-order chi connectivity index (χ1) is 12.6. The number of benzene rings is 2. The fraction of sp³-hybridized carbons (Fsp3) is 0.300. The Morgan fingerprint density at radius 2 is 1.89 bits per heavy atom. The molecule has 1 aliphatic rings. The van der Waals surface area contributed by atoms with E-state index in [9.17, 15) is 4.79 Å². The second-order valence-corrected chi connectivity index (χ2v) is 7.90. The Kier molecular flexibility index (Phi) is 8.67. The fourth-order valence-electron chi connectivity index (χ4n) is 2.70. The van der Waals surface area contributed by atoms with E-state index in [-0.39, 0.29) is 29.3 Å². The van der Waals surface area contributed by atoms with Crippen LogP contribution in [0.3, 0.4) is 0 Å². The lowest BCUT2D eigenvalue weighted by Crippen LogP contribution is -2.35. The number of aliphatic imine (C=N–C) groups is 1. The second kappa shape index (κ2) is 10.5. The van der Waals surface area contributed by atoms with Crippen molar-refractivity contribution < 1.29 is 4.79 Å². The smallest absolute Gasteiger partial charge is 0.182 e. The van der Waals surface area contributed by atoms with E-state index >= 15 is 0 Å². The lowest BCUT2D eigenvalue weighted by molar-refractivity contribution is 0.100. The number of nitrogens with zero attached hydrogens (tertiary/aromatic N) is 2. The van der Waals surface area contributed by atoms with Crippen molar-refractivity contribution in [1.82, 2.24) is 0 Å². The van der Waals surface area contributed by atoms with Gasteiger partial charge >= 0.3 is 0 Å². The molecule has 0 aromatic heterocycles. The maximum atomic E-state index is 12.9. The third-order valence-electron chi connectivity index (χ3n) is 4.21. The van der Waals surface area contributed by atoms with Crippen molar-refractivity contribution >= 4 is 68.6 Å². The first kappa shape index (κ1) is 22.3. The van der Waals surface area contributed by atoms with Crippen molar-refractivity contribution in [2.45, 2.75) is 19.8 Å². The highest BCUT2D eigenvalue weighted by Crippen LogP contribution is 2.26. The summed E-state index contributed by atoms with van der Waals surface area (Å²) >= 11 is 13.7. The SMILES string of the molecule is Br.CCc1ccc(N(CC(=O)c2ccc(Cl)c(Cl)c2)C2=NCCCS2)cc1. The highest BCUT2D eigenvalue weighted by atomic mass is 79.9. The van der Waals surface area contributed by atoms with Gasteiger partial charge in [-0.05, 0) is 48.7 Å². The fourth-order valence-corrected chi connectivity index (χ4v) is 3.96. The normalized spacial score (nSPS) is 13.5. The van der Waals surface area contributed by atoms with Gasteiger partial charge in [-0.1, -0.05) is 54.0 Å². The van der Waals surface area contributed by atoms with Gasteiger partial charge < -0.3 is 4.90 Å². The summed E-state index contributed by atoms with van der Waals surface area (Å²) in [5.41, 5.74) is 2.79. The van der Waals surface area contributed by atoms with Gasteiger partial charge in [-0.25, -0.2) is 0 Å². The minimum absolute atomic E-state index is 0. The Labute approximate surface area is 184 Å². The first-order valence-electron chi connectivity index (χ1n) is 8.60. The molecule has 0 atom stereocenters. The Bertz CT molecular complexity index is 827. The number of rotatable bonds is 5. The van der Waals surface area contributed by atoms with Gasteiger partial charge in [0.25, 0.3) is 0 Å². The summed E-state index contributed by atoms with van der Waals surface area (Å²) < 4.78 is 0. The zero-order chi connectivity index (χ0) is 18.5. The van der Waals surface area contributed by atoms with E-state index < -0.39 is 0 Å². The number of carbonyl (C=O) groups excluding carboxylic acids is 1. The van der Waals surface area contributed by atoms with Crippen molar-refractivity contribution in [1.29, 1.82) is 0 Å². The molecular weight excluding hydrogens is 467 g/mol. The number of aryl methyl sites for hydroxylation is 1. The molecule has 1 aliphatic heterocycles. The number of hydrogen-bond acceptors (Lipinski definition) is 4. The maximum absolute atomic E-state index is 12.9. The van der Waals surface area contributed by atoms with Gasteiger partial charge in [0.2, 0.25) is 0 Å². The van der Waals surface area contributed by atoms with Crippen LogP contribution < -0.4 is 4.90 Å². The molecule has 144 valence electrons. The van der Waals surface area contributed by atoms with Crippen LogP contribution in [0.15, 0.2) is 47.5 Å². The van der Waals surface area contributed by atoms with Crippen LogP contribution in [0.2, 0.25) is 10.0 Å². The van der Waals surface area contributed by atoms with Crippen LogP contribution in [0.1, 0.15) is 29.3 Å². The van der Waals surface area contributed by atoms with Gasteiger partial charge in [0.15, 0.2) is 11.0 Å². The Morgan fingerprint density at radius 1 is 1.15 bits per heavy atom. The Balaban J connectivity index is 0.00000261. The highest BCUT2D eigenvalue weighted by molar-refractivity contribution is 8.93. The number of hydrogen-bond donors (Lipinski definition) is 0. The van der Waals surface area contributed by atoms with Gasteiger partial charge in [-0.2, -0.15) is 0 Å². The number of amidine groups is 1. The lowest BCUT2D eigenvalue weighted by Gasteiger charge is -2.27. The molecule has 0 saturated heterocycles. The van der Waals surface area contributed by atoms with Crippen molar-refractivity contribution in [2.75, 3.05) is 23.7 Å². The largest absolute Gasteiger partial charge is 0.313 e. The number of thioether (sulfide) groups is 1. The molecule has 7 heteroatoms. The Morgan fingerprint density at radius 3 is 2.48 bits per heavy atom. The van der Waals surface area contributed by atoms with E-state index in [4.69, 9.17) is 23.2 Å². The molecule has 0 spiro atoms. The van der Waals surface area contributed by atoms with E-state index in [2.05, 4.69) is 36.2 Å². The molecule has 0 amide bonds. The van der Waals surface area contributed by atoms with Crippen LogP contribution in [-0.4, -0.2) is 29.8 Å². The topological polar surface area (TPSA) is 32.7 Å². The average molecular weight is 488 g/mol. The summed E-state index contributed by atoms with van der Waals surface area (Å²) in [5.74, 6) is 1.00. The van der Waals surface area contributed by atoms with E-state index in [1.54, 1.807) is 30.0 Å². The lowest BCUT2D eigenvalue weighted by atomic mass is 10.1. The molecule has 0 N–H and O–H groups in total. The molecule has 0 radical (unpaired) electrons. The van der Waals surface area contributed by atoms with Crippen LogP contribution in [0.4, 0.5) is 5.69 Å². The molecule has 0 aliphatic carbocycles. The van der Waals surface area contributed by atoms with Gasteiger partial charge in [0, 0.05) is 23.5 Å². The molecule has 1 heterocycles. The quantitative estimate of drug-likeness (QED) is 0.462. The molecule has 0 saturated carbocycles. The zero-order valence-electron chi connectivity index (χ0n) is 15.0. The van der Waals surface area contributed by atoms with Crippen molar-refractivity contribution in [2.24, 2.45) is 4.99 Å². The summed E-state index contributed by atoms with van der Waals surface area (Å²) in [5, 5.41) is 1.73. The molecule has 27 heavy (non-hydrogen) atoms. The molecule has 0 unspecified atom stereocenters. The molecule has 0 bridgehead atoms. The number of anilines is 1. The van der Waals surface area contributed by atoms with Gasteiger partial charge in [0.05, 0.1) is 16.6 Å². The summed E-state index contributed by atoms with van der Waals surface area (Å²) in [4.78, 5) is 19.5. The first-order valence-corrected chi connectivity index (χ1v) is 10.3. The average Bonchev–Trinajstić information content (AvgIpc) is 2.69. The van der Waals surface area contributed by atoms with Gasteiger partial charge in [-0.3, -0.25) is 9.79 Å². The molecule has 0 fully saturated rings. The third kappa shape index (κ3) is 5.74. The highest BCUT2D eigenvalue weighted by Gasteiger charge is 2.21. The Hall–Kier alpha value is -1.01. The molecule has 3 nitrogen and oxygen atoms in total. The zero-order valence-corrected chi connectivity index (χ0v) is 19.0. The summed E-state index contributed by atoms with van der Waals surface area (Å²) in [7, 11) is 0. The van der Waals surface area contributed by atoms with Gasteiger partial charge in [0.1, 0.15) is 0 Å². The van der Waals surface area contributed by atoms with E-state index in [1.165, 1.54) is 5.56 Å². The second-order valence-electron chi connectivity index (χ2n) is 6.02. The minimum Gasteiger partial charge on any atom is -0.313 e. The number of halogens is 3. The van der Waals surface area contributed by atoms with Crippen LogP contribution >= 0.6 is 51.9 Å². The summed E-state index contributed by atoms with van der Waals surface area (Å²) in [6, 6.07) is 13.3. The van der Waals surface area contributed by atoms with Gasteiger partial charge in [-0.15, -0.1) is 17.0 Å². The molecule has 2 aromatic carbocycles. The standard InChI is InChI=1S/C20H20Cl2N2OS.BrH/c1-2-14-4-7-16(8-5-14)24(20-23-10-3-11-26-20)13-19(25)15-6-9-17(21)18(22)12-15;/h4-9,12H,2-3,10-11,13H2,1H3;1H. The molecular formula is C20H21BrCl2N2OS. The van der Waals surface area contributed by atoms with E-state index in [0.717, 1.165) is 36.0 Å². The summed E-state index contributed by atoms with van der Waals surface area (Å²) in [6.45, 7) is 3.14. The van der Waals surface area contributed by atoms with E-state index in [1.807, 2.05) is 4.90 Å².